The standard InChI is InChI=1S/C15H21ClF2INO2.C11H11ClF2INO2/c1-13(2,3)15(14(4,5)6)10(18)8(17)9(19)7(16)11(15)20-12(21)22;1-11(2,3)18-10(17)16-6-4-5(13)8(14)9(15)7(6)12/h11,20H,1-6H3,(H,21,22);4H,1-3H3,(H,16,17). The number of amides is 2. The van der Waals surface area contributed by atoms with Crippen LogP contribution in [0.4, 0.5) is 32.8 Å². The van der Waals surface area contributed by atoms with Gasteiger partial charge in [0.1, 0.15) is 11.4 Å². The summed E-state index contributed by atoms with van der Waals surface area (Å²) in [6, 6.07) is -0.262. The Morgan fingerprint density at radius 1 is 0.975 bits per heavy atom. The van der Waals surface area contributed by atoms with Crippen molar-refractivity contribution in [3.05, 3.63) is 46.6 Å². The lowest BCUT2D eigenvalue weighted by Crippen LogP contribution is -2.62. The lowest BCUT2D eigenvalue weighted by Gasteiger charge is -2.57. The lowest BCUT2D eigenvalue weighted by atomic mass is 9.49. The predicted molar refractivity (Wildman–Crippen MR) is 166 cm³/mol. The summed E-state index contributed by atoms with van der Waals surface area (Å²) in [7, 11) is 0. The van der Waals surface area contributed by atoms with Gasteiger partial charge in [-0.2, -0.15) is 0 Å². The molecule has 1 aliphatic rings. The topological polar surface area (TPSA) is 87.7 Å². The molecule has 2 amide bonds. The van der Waals surface area contributed by atoms with Crippen LogP contribution in [0.5, 0.6) is 0 Å². The van der Waals surface area contributed by atoms with E-state index in [1.165, 1.54) is 0 Å². The lowest BCUT2D eigenvalue weighted by molar-refractivity contribution is -0.0400. The fourth-order valence-corrected chi connectivity index (χ4v) is 6.42. The number of halogens is 8. The van der Waals surface area contributed by atoms with Gasteiger partial charge in [0.25, 0.3) is 0 Å². The first kappa shape index (κ1) is 37.0. The molecule has 226 valence electrons. The molecule has 2 rings (SSSR count). The molecule has 0 bridgehead atoms. The molecule has 0 fully saturated rings. The van der Waals surface area contributed by atoms with Crippen LogP contribution in [-0.2, 0) is 4.74 Å². The molecular weight excluding hydrogens is 805 g/mol. The smallest absolute Gasteiger partial charge is 0.412 e. The monoisotopic (exact) mass is 836 g/mol. The number of benzene rings is 1. The van der Waals surface area contributed by atoms with Gasteiger partial charge in [0, 0.05) is 6.07 Å². The quantitative estimate of drug-likeness (QED) is 0.120. The van der Waals surface area contributed by atoms with Crippen molar-refractivity contribution in [2.45, 2.75) is 74.0 Å². The molecule has 0 aliphatic heterocycles. The number of hydrogen-bond acceptors (Lipinski definition) is 3. The number of ether oxygens (including phenoxy) is 1. The molecule has 0 heterocycles. The Hall–Kier alpha value is -1.00. The normalized spacial score (nSPS) is 17.7. The summed E-state index contributed by atoms with van der Waals surface area (Å²) in [5.74, 6) is -4.11. The average Bonchev–Trinajstić information content (AvgIpc) is 2.75. The molecule has 1 aliphatic carbocycles. The molecule has 1 aromatic rings. The summed E-state index contributed by atoms with van der Waals surface area (Å²) in [5.41, 5.74) is -3.78. The van der Waals surface area contributed by atoms with Gasteiger partial charge in [0.05, 0.1) is 34.3 Å². The van der Waals surface area contributed by atoms with Gasteiger partial charge in [-0.25, -0.2) is 27.2 Å². The number of carbonyl (C=O) groups excluding carboxylic acids is 1. The highest BCUT2D eigenvalue weighted by molar-refractivity contribution is 14.1. The van der Waals surface area contributed by atoms with Gasteiger partial charge in [0.15, 0.2) is 17.5 Å². The van der Waals surface area contributed by atoms with Crippen LogP contribution in [0.3, 0.4) is 0 Å². The number of carbonyl (C=O) groups is 2. The van der Waals surface area contributed by atoms with Crippen molar-refractivity contribution in [2.75, 3.05) is 5.32 Å². The summed E-state index contributed by atoms with van der Waals surface area (Å²) in [6.07, 6.45) is -2.12. The number of nitrogens with one attached hydrogen (secondary N) is 2. The van der Waals surface area contributed by atoms with Gasteiger partial charge in [-0.3, -0.25) is 5.32 Å². The molecule has 0 saturated heterocycles. The van der Waals surface area contributed by atoms with E-state index >= 15 is 4.39 Å². The van der Waals surface area contributed by atoms with Crippen LogP contribution in [0.1, 0.15) is 62.3 Å². The van der Waals surface area contributed by atoms with Crippen molar-refractivity contribution >= 4 is 86.3 Å². The molecule has 0 radical (unpaired) electrons. The predicted octanol–water partition coefficient (Wildman–Crippen LogP) is 10.3. The van der Waals surface area contributed by atoms with Crippen molar-refractivity contribution in [3.8, 4) is 0 Å². The zero-order chi connectivity index (χ0) is 31.8. The van der Waals surface area contributed by atoms with Gasteiger partial charge in [0.2, 0.25) is 0 Å². The zero-order valence-electron chi connectivity index (χ0n) is 23.4. The van der Waals surface area contributed by atoms with Gasteiger partial charge < -0.3 is 15.2 Å². The maximum Gasteiger partial charge on any atom is 0.412 e. The van der Waals surface area contributed by atoms with E-state index in [4.69, 9.17) is 33.0 Å². The second-order valence-corrected chi connectivity index (χ2v) is 14.9. The van der Waals surface area contributed by atoms with Crippen LogP contribution in [0.2, 0.25) is 5.02 Å². The SMILES string of the molecule is CC(C)(C)C1(C(C)(C)C)C(F)=C(F)C(I)=C(Cl)C1NC(=O)O.CC(C)(C)OC(=O)Nc1cc(F)c(F)c(I)c1Cl. The van der Waals surface area contributed by atoms with E-state index in [1.807, 2.05) is 0 Å². The first-order chi connectivity index (χ1) is 17.8. The third-order valence-corrected chi connectivity index (χ3v) is 9.50. The Kier molecular flexibility index (Phi) is 12.1. The third-order valence-electron chi connectivity index (χ3n) is 6.00. The van der Waals surface area contributed by atoms with Crippen molar-refractivity contribution in [1.82, 2.24) is 5.32 Å². The maximum absolute atomic E-state index is 15.2. The largest absolute Gasteiger partial charge is 0.465 e. The van der Waals surface area contributed by atoms with Crippen LogP contribution in [0.15, 0.2) is 26.3 Å². The molecule has 1 unspecified atom stereocenters. The number of rotatable bonds is 2. The minimum absolute atomic E-state index is 0.0215. The Morgan fingerprint density at radius 2 is 1.45 bits per heavy atom. The van der Waals surface area contributed by atoms with Crippen LogP contribution in [0, 0.1) is 31.4 Å². The van der Waals surface area contributed by atoms with E-state index in [9.17, 15) is 22.8 Å². The highest BCUT2D eigenvalue weighted by Crippen LogP contribution is 2.64. The minimum Gasteiger partial charge on any atom is -0.465 e. The first-order valence-electron chi connectivity index (χ1n) is 11.7. The molecule has 1 aromatic carbocycles. The van der Waals surface area contributed by atoms with E-state index in [2.05, 4.69) is 10.6 Å². The van der Waals surface area contributed by atoms with E-state index < -0.39 is 63.4 Å². The Morgan fingerprint density at radius 3 is 1.85 bits per heavy atom. The average molecular weight is 837 g/mol. The van der Waals surface area contributed by atoms with Crippen LogP contribution in [0.25, 0.3) is 0 Å². The summed E-state index contributed by atoms with van der Waals surface area (Å²) in [5, 5.41) is 13.6. The molecular formula is C26H32Cl2F4I2N2O4. The van der Waals surface area contributed by atoms with Crippen molar-refractivity contribution in [2.24, 2.45) is 16.2 Å². The molecule has 1 atom stereocenters. The number of carboxylic acid groups (broad SMARTS) is 1. The molecule has 0 spiro atoms. The molecule has 3 N–H and O–H groups in total. The van der Waals surface area contributed by atoms with Crippen molar-refractivity contribution < 1.29 is 37.0 Å². The van der Waals surface area contributed by atoms with Gasteiger partial charge in [-0.05, 0) is 76.8 Å². The summed E-state index contributed by atoms with van der Waals surface area (Å²) >= 11 is 15.2. The first-order valence-corrected chi connectivity index (χ1v) is 14.7. The summed E-state index contributed by atoms with van der Waals surface area (Å²) < 4.78 is 60.8. The van der Waals surface area contributed by atoms with Crippen molar-refractivity contribution in [3.63, 3.8) is 0 Å². The maximum atomic E-state index is 15.2. The molecule has 6 nitrogen and oxygen atoms in total. The van der Waals surface area contributed by atoms with Gasteiger partial charge in [-0.1, -0.05) is 64.7 Å². The number of hydrogen-bond donors (Lipinski definition) is 3. The fraction of sp³-hybridized carbons (Fsp3) is 0.538. The Bertz CT molecular complexity index is 1220. The molecule has 40 heavy (non-hydrogen) atoms. The minimum atomic E-state index is -1.46. The number of anilines is 1. The Balaban J connectivity index is 0.000000408. The second kappa shape index (κ2) is 13.1. The van der Waals surface area contributed by atoms with E-state index in [-0.39, 0.29) is 22.9 Å². The van der Waals surface area contributed by atoms with E-state index in [1.54, 1.807) is 107 Å². The van der Waals surface area contributed by atoms with Crippen LogP contribution in [-0.4, -0.2) is 28.9 Å². The number of allylic oxidation sites excluding steroid dienone is 2. The molecule has 0 saturated carbocycles. The van der Waals surface area contributed by atoms with Crippen LogP contribution < -0.4 is 10.6 Å². The second-order valence-electron chi connectivity index (χ2n) is 12.0. The van der Waals surface area contributed by atoms with Crippen LogP contribution >= 0.6 is 68.4 Å². The summed E-state index contributed by atoms with van der Waals surface area (Å²) in [6.45, 7) is 15.6. The van der Waals surface area contributed by atoms with E-state index in [0.29, 0.717) is 0 Å². The van der Waals surface area contributed by atoms with Gasteiger partial charge in [-0.15, -0.1) is 0 Å². The van der Waals surface area contributed by atoms with E-state index in [0.717, 1.165) is 6.07 Å². The third kappa shape index (κ3) is 7.88. The molecule has 0 aromatic heterocycles. The highest BCUT2D eigenvalue weighted by atomic mass is 127. The highest BCUT2D eigenvalue weighted by Gasteiger charge is 2.63. The zero-order valence-corrected chi connectivity index (χ0v) is 29.2. The Labute approximate surface area is 268 Å². The fourth-order valence-electron chi connectivity index (χ4n) is 4.84. The summed E-state index contributed by atoms with van der Waals surface area (Å²) in [4.78, 5) is 22.7. The van der Waals surface area contributed by atoms with Crippen molar-refractivity contribution in [1.29, 1.82) is 0 Å². The van der Waals surface area contributed by atoms with Gasteiger partial charge >= 0.3 is 12.2 Å². The molecule has 14 heteroatoms.